The average Bonchev–Trinajstić information content (AvgIpc) is 2.57. The average molecular weight is 191 g/mol. The molecule has 74 valence electrons. The SMILES string of the molecule is CC(O)CCc1nc2ccncc2[nH]1. The van der Waals surface area contributed by atoms with Crippen LogP contribution in [0.1, 0.15) is 19.2 Å². The Hall–Kier alpha value is -1.42. The summed E-state index contributed by atoms with van der Waals surface area (Å²) in [6.07, 6.45) is 4.71. The number of nitrogens with one attached hydrogen (secondary N) is 1. The van der Waals surface area contributed by atoms with E-state index in [1.54, 1.807) is 19.3 Å². The number of pyridine rings is 1. The van der Waals surface area contributed by atoms with E-state index in [1.807, 2.05) is 6.07 Å². The molecule has 4 nitrogen and oxygen atoms in total. The number of imidazole rings is 1. The van der Waals surface area contributed by atoms with Crippen molar-refractivity contribution in [1.82, 2.24) is 15.0 Å². The molecule has 2 aromatic rings. The second-order valence-electron chi connectivity index (χ2n) is 3.46. The topological polar surface area (TPSA) is 61.8 Å². The highest BCUT2D eigenvalue weighted by atomic mass is 16.3. The second-order valence-corrected chi connectivity index (χ2v) is 3.46. The zero-order valence-corrected chi connectivity index (χ0v) is 8.07. The number of aliphatic hydroxyl groups excluding tert-OH is 1. The molecule has 2 rings (SSSR count). The number of aromatic amines is 1. The maximum Gasteiger partial charge on any atom is 0.107 e. The number of aliphatic hydroxyl groups is 1. The molecule has 0 saturated heterocycles. The number of H-pyrrole nitrogens is 1. The summed E-state index contributed by atoms with van der Waals surface area (Å²) in [6, 6.07) is 1.87. The number of hydrogen-bond donors (Lipinski definition) is 2. The summed E-state index contributed by atoms with van der Waals surface area (Å²) in [6.45, 7) is 1.78. The minimum absolute atomic E-state index is 0.277. The van der Waals surface area contributed by atoms with Gasteiger partial charge in [0.1, 0.15) is 5.82 Å². The van der Waals surface area contributed by atoms with Gasteiger partial charge < -0.3 is 10.1 Å². The van der Waals surface area contributed by atoms with Gasteiger partial charge in [0.25, 0.3) is 0 Å². The van der Waals surface area contributed by atoms with Crippen LogP contribution in [0.25, 0.3) is 11.0 Å². The van der Waals surface area contributed by atoms with Crippen molar-refractivity contribution in [3.8, 4) is 0 Å². The standard InChI is InChI=1S/C10H13N3O/c1-7(14)2-3-10-12-8-4-5-11-6-9(8)13-10/h4-7,14H,2-3H2,1H3,(H,12,13). The molecule has 0 aliphatic heterocycles. The Kier molecular flexibility index (Phi) is 2.45. The number of rotatable bonds is 3. The molecule has 2 heterocycles. The van der Waals surface area contributed by atoms with Gasteiger partial charge in [-0.05, 0) is 19.4 Å². The van der Waals surface area contributed by atoms with Gasteiger partial charge in [-0.3, -0.25) is 4.98 Å². The molecular weight excluding hydrogens is 178 g/mol. The van der Waals surface area contributed by atoms with Crippen LogP contribution in [0.3, 0.4) is 0 Å². The fraction of sp³-hybridized carbons (Fsp3) is 0.400. The number of fused-ring (bicyclic) bond motifs is 1. The lowest BCUT2D eigenvalue weighted by atomic mass is 10.2. The zero-order chi connectivity index (χ0) is 9.97. The second kappa shape index (κ2) is 3.75. The molecule has 0 amide bonds. The Morgan fingerprint density at radius 3 is 3.14 bits per heavy atom. The Morgan fingerprint density at radius 2 is 2.43 bits per heavy atom. The van der Waals surface area contributed by atoms with Crippen molar-refractivity contribution in [2.24, 2.45) is 0 Å². The predicted octanol–water partition coefficient (Wildman–Crippen LogP) is 1.27. The van der Waals surface area contributed by atoms with Crippen LogP contribution in [0.2, 0.25) is 0 Å². The highest BCUT2D eigenvalue weighted by Gasteiger charge is 2.03. The monoisotopic (exact) mass is 191 g/mol. The molecule has 1 atom stereocenters. The first-order chi connectivity index (χ1) is 6.75. The fourth-order valence-corrected chi connectivity index (χ4v) is 1.37. The first-order valence-electron chi connectivity index (χ1n) is 4.72. The van der Waals surface area contributed by atoms with Gasteiger partial charge in [-0.15, -0.1) is 0 Å². The molecule has 2 aromatic heterocycles. The summed E-state index contributed by atoms with van der Waals surface area (Å²) in [7, 11) is 0. The summed E-state index contributed by atoms with van der Waals surface area (Å²) < 4.78 is 0. The minimum Gasteiger partial charge on any atom is -0.393 e. The minimum atomic E-state index is -0.277. The van der Waals surface area contributed by atoms with Gasteiger partial charge in [-0.25, -0.2) is 4.98 Å². The van der Waals surface area contributed by atoms with E-state index in [4.69, 9.17) is 5.11 Å². The van der Waals surface area contributed by atoms with Crippen molar-refractivity contribution in [3.05, 3.63) is 24.3 Å². The Balaban J connectivity index is 2.19. The van der Waals surface area contributed by atoms with Gasteiger partial charge in [0.2, 0.25) is 0 Å². The van der Waals surface area contributed by atoms with E-state index < -0.39 is 0 Å². The maximum absolute atomic E-state index is 9.13. The molecule has 0 aliphatic rings. The molecule has 4 heteroatoms. The van der Waals surface area contributed by atoms with Crippen molar-refractivity contribution in [3.63, 3.8) is 0 Å². The Morgan fingerprint density at radius 1 is 1.57 bits per heavy atom. The summed E-state index contributed by atoms with van der Waals surface area (Å²) in [4.78, 5) is 11.5. The molecule has 0 bridgehead atoms. The highest BCUT2D eigenvalue weighted by molar-refractivity contribution is 5.73. The molecule has 0 aliphatic carbocycles. The molecule has 0 aromatic carbocycles. The summed E-state index contributed by atoms with van der Waals surface area (Å²) >= 11 is 0. The van der Waals surface area contributed by atoms with Crippen LogP contribution in [0.15, 0.2) is 18.5 Å². The highest BCUT2D eigenvalue weighted by Crippen LogP contribution is 2.10. The lowest BCUT2D eigenvalue weighted by Gasteiger charge is -1.99. The molecule has 14 heavy (non-hydrogen) atoms. The van der Waals surface area contributed by atoms with Crippen molar-refractivity contribution in [1.29, 1.82) is 0 Å². The van der Waals surface area contributed by atoms with Crippen LogP contribution in [0.5, 0.6) is 0 Å². The van der Waals surface area contributed by atoms with Crippen molar-refractivity contribution in [2.75, 3.05) is 0 Å². The third-order valence-corrected chi connectivity index (χ3v) is 2.13. The lowest BCUT2D eigenvalue weighted by Crippen LogP contribution is -2.02. The van der Waals surface area contributed by atoms with Gasteiger partial charge in [-0.2, -0.15) is 0 Å². The predicted molar refractivity (Wildman–Crippen MR) is 53.9 cm³/mol. The Bertz CT molecular complexity index is 389. The van der Waals surface area contributed by atoms with Crippen LogP contribution in [0.4, 0.5) is 0 Å². The number of nitrogens with zero attached hydrogens (tertiary/aromatic N) is 2. The fourth-order valence-electron chi connectivity index (χ4n) is 1.37. The van der Waals surface area contributed by atoms with E-state index in [2.05, 4.69) is 15.0 Å². The number of hydrogen-bond acceptors (Lipinski definition) is 3. The van der Waals surface area contributed by atoms with Crippen molar-refractivity contribution >= 4 is 11.0 Å². The van der Waals surface area contributed by atoms with Gasteiger partial charge >= 0.3 is 0 Å². The molecule has 1 unspecified atom stereocenters. The largest absolute Gasteiger partial charge is 0.393 e. The van der Waals surface area contributed by atoms with Gasteiger partial charge in [-0.1, -0.05) is 0 Å². The summed E-state index contributed by atoms with van der Waals surface area (Å²) in [5, 5.41) is 9.13. The van der Waals surface area contributed by atoms with E-state index >= 15 is 0 Å². The van der Waals surface area contributed by atoms with Crippen LogP contribution in [-0.4, -0.2) is 26.2 Å². The van der Waals surface area contributed by atoms with Crippen LogP contribution in [0, 0.1) is 0 Å². The number of aromatic nitrogens is 3. The molecule has 2 N–H and O–H groups in total. The van der Waals surface area contributed by atoms with E-state index in [0.29, 0.717) is 0 Å². The molecule has 0 saturated carbocycles. The third kappa shape index (κ3) is 1.90. The quantitative estimate of drug-likeness (QED) is 0.768. The van der Waals surface area contributed by atoms with Crippen molar-refractivity contribution in [2.45, 2.75) is 25.9 Å². The molecule has 0 radical (unpaired) electrons. The van der Waals surface area contributed by atoms with Gasteiger partial charge in [0.15, 0.2) is 0 Å². The van der Waals surface area contributed by atoms with E-state index in [9.17, 15) is 0 Å². The normalized spacial score (nSPS) is 13.3. The molecule has 0 fully saturated rings. The van der Waals surface area contributed by atoms with E-state index in [1.165, 1.54) is 0 Å². The van der Waals surface area contributed by atoms with Crippen LogP contribution in [-0.2, 0) is 6.42 Å². The molecule has 0 spiro atoms. The smallest absolute Gasteiger partial charge is 0.107 e. The van der Waals surface area contributed by atoms with Crippen molar-refractivity contribution < 1.29 is 5.11 Å². The lowest BCUT2D eigenvalue weighted by molar-refractivity contribution is 0.184. The molecular formula is C10H13N3O. The van der Waals surface area contributed by atoms with Gasteiger partial charge in [0, 0.05) is 12.6 Å². The third-order valence-electron chi connectivity index (χ3n) is 2.13. The first kappa shape index (κ1) is 9.15. The van der Waals surface area contributed by atoms with Crippen LogP contribution < -0.4 is 0 Å². The number of aryl methyl sites for hydroxylation is 1. The zero-order valence-electron chi connectivity index (χ0n) is 8.07. The van der Waals surface area contributed by atoms with Gasteiger partial charge in [0.05, 0.1) is 23.3 Å². The summed E-state index contributed by atoms with van der Waals surface area (Å²) in [5.41, 5.74) is 1.88. The summed E-state index contributed by atoms with van der Waals surface area (Å²) in [5.74, 6) is 0.911. The Labute approximate surface area is 82.0 Å². The van der Waals surface area contributed by atoms with E-state index in [-0.39, 0.29) is 6.10 Å². The van der Waals surface area contributed by atoms with E-state index in [0.717, 1.165) is 29.7 Å². The first-order valence-corrected chi connectivity index (χ1v) is 4.72. The van der Waals surface area contributed by atoms with Crippen LogP contribution >= 0.6 is 0 Å². The maximum atomic E-state index is 9.13.